The third-order valence-corrected chi connectivity index (χ3v) is 4.55. The smallest absolute Gasteiger partial charge is 0.508 e. The molecule has 0 unspecified atom stereocenters. The molecular formula is C24H19BO5. The van der Waals surface area contributed by atoms with Crippen LogP contribution >= 0.6 is 0 Å². The quantitative estimate of drug-likeness (QED) is 0.404. The van der Waals surface area contributed by atoms with E-state index < -0.39 is 7.32 Å². The fraction of sp³-hybridized carbons (Fsp3) is 0. The van der Waals surface area contributed by atoms with Gasteiger partial charge in [-0.2, -0.15) is 0 Å². The molecule has 0 fully saturated rings. The standard InChI is InChI=1S/C24H19BO5/c26-19-11-13-23(21(15-19)17-7-3-1-4-8-17)29-25(28)30-24-14-12-20(27)16-22(24)18-9-5-2-6-10-18/h1-16,26-28H. The lowest BCUT2D eigenvalue weighted by atomic mass is 10.0. The molecule has 0 aliphatic carbocycles. The summed E-state index contributed by atoms with van der Waals surface area (Å²) in [5.41, 5.74) is 2.88. The van der Waals surface area contributed by atoms with E-state index in [-0.39, 0.29) is 11.5 Å². The average molecular weight is 398 g/mol. The van der Waals surface area contributed by atoms with Crippen LogP contribution in [0.4, 0.5) is 0 Å². The molecule has 0 aliphatic rings. The molecule has 4 rings (SSSR count). The molecule has 6 heteroatoms. The Morgan fingerprint density at radius 2 is 0.933 bits per heavy atom. The van der Waals surface area contributed by atoms with Crippen LogP contribution < -0.4 is 9.31 Å². The van der Waals surface area contributed by atoms with Gasteiger partial charge >= 0.3 is 7.32 Å². The number of phenolic OH excluding ortho intramolecular Hbond substituents is 2. The highest BCUT2D eigenvalue weighted by Gasteiger charge is 2.25. The first-order chi connectivity index (χ1) is 14.6. The topological polar surface area (TPSA) is 79.2 Å². The predicted molar refractivity (Wildman–Crippen MR) is 116 cm³/mol. The van der Waals surface area contributed by atoms with Gasteiger partial charge in [0.05, 0.1) is 0 Å². The van der Waals surface area contributed by atoms with Crippen molar-refractivity contribution in [3.63, 3.8) is 0 Å². The molecule has 0 saturated carbocycles. The van der Waals surface area contributed by atoms with E-state index in [4.69, 9.17) is 9.31 Å². The van der Waals surface area contributed by atoms with Crippen LogP contribution in [-0.2, 0) is 0 Å². The number of benzene rings is 4. The highest BCUT2D eigenvalue weighted by atomic mass is 16.7. The van der Waals surface area contributed by atoms with Crippen LogP contribution in [-0.4, -0.2) is 22.6 Å². The molecule has 0 heterocycles. The van der Waals surface area contributed by atoms with Gasteiger partial charge in [0.25, 0.3) is 0 Å². The van der Waals surface area contributed by atoms with E-state index in [0.29, 0.717) is 22.6 Å². The van der Waals surface area contributed by atoms with E-state index >= 15 is 0 Å². The summed E-state index contributed by atoms with van der Waals surface area (Å²) in [5, 5.41) is 30.2. The maximum absolute atomic E-state index is 10.5. The Labute approximate surface area is 174 Å². The molecule has 148 valence electrons. The van der Waals surface area contributed by atoms with Gasteiger partial charge in [0.1, 0.15) is 23.0 Å². The van der Waals surface area contributed by atoms with Crippen LogP contribution in [0, 0.1) is 0 Å². The zero-order valence-corrected chi connectivity index (χ0v) is 16.0. The van der Waals surface area contributed by atoms with Crippen LogP contribution in [0.5, 0.6) is 23.0 Å². The maximum Gasteiger partial charge on any atom is 0.785 e. The van der Waals surface area contributed by atoms with Gasteiger partial charge in [0.15, 0.2) is 0 Å². The van der Waals surface area contributed by atoms with Gasteiger partial charge in [0, 0.05) is 11.1 Å². The van der Waals surface area contributed by atoms with E-state index in [1.54, 1.807) is 24.3 Å². The van der Waals surface area contributed by atoms with Crippen LogP contribution in [0.2, 0.25) is 0 Å². The van der Waals surface area contributed by atoms with E-state index in [0.717, 1.165) is 11.1 Å². The highest BCUT2D eigenvalue weighted by molar-refractivity contribution is 6.37. The van der Waals surface area contributed by atoms with Gasteiger partial charge in [-0.15, -0.1) is 0 Å². The zero-order valence-electron chi connectivity index (χ0n) is 16.0. The molecule has 4 aromatic rings. The summed E-state index contributed by atoms with van der Waals surface area (Å²) in [6, 6.07) is 28.0. The van der Waals surface area contributed by atoms with Crippen LogP contribution in [0.3, 0.4) is 0 Å². The average Bonchev–Trinajstić information content (AvgIpc) is 2.77. The van der Waals surface area contributed by atoms with Crippen molar-refractivity contribution in [1.82, 2.24) is 0 Å². The van der Waals surface area contributed by atoms with Crippen molar-refractivity contribution in [2.45, 2.75) is 0 Å². The van der Waals surface area contributed by atoms with Crippen molar-refractivity contribution in [2.75, 3.05) is 0 Å². The molecule has 5 nitrogen and oxygen atoms in total. The lowest BCUT2D eigenvalue weighted by Crippen LogP contribution is -2.30. The van der Waals surface area contributed by atoms with Crippen molar-refractivity contribution < 1.29 is 24.5 Å². The summed E-state index contributed by atoms with van der Waals surface area (Å²) in [6.07, 6.45) is 0. The van der Waals surface area contributed by atoms with Crippen molar-refractivity contribution in [1.29, 1.82) is 0 Å². The van der Waals surface area contributed by atoms with Gasteiger partial charge in [-0.1, -0.05) is 60.7 Å². The van der Waals surface area contributed by atoms with Gasteiger partial charge in [-0.3, -0.25) is 0 Å². The Morgan fingerprint density at radius 1 is 0.533 bits per heavy atom. The first-order valence-corrected chi connectivity index (χ1v) is 9.38. The molecule has 0 atom stereocenters. The van der Waals surface area contributed by atoms with Gasteiger partial charge in [-0.25, -0.2) is 0 Å². The Balaban J connectivity index is 1.61. The second-order valence-electron chi connectivity index (χ2n) is 6.64. The molecule has 3 N–H and O–H groups in total. The van der Waals surface area contributed by atoms with Crippen molar-refractivity contribution in [3.8, 4) is 45.3 Å². The van der Waals surface area contributed by atoms with Crippen molar-refractivity contribution in [3.05, 3.63) is 97.1 Å². The van der Waals surface area contributed by atoms with E-state index in [1.165, 1.54) is 12.1 Å². The molecule has 0 aromatic heterocycles. The van der Waals surface area contributed by atoms with Gasteiger partial charge in [0.2, 0.25) is 0 Å². The summed E-state index contributed by atoms with van der Waals surface area (Å²) < 4.78 is 11.3. The maximum atomic E-state index is 10.5. The number of aromatic hydroxyl groups is 2. The van der Waals surface area contributed by atoms with Crippen molar-refractivity contribution >= 4 is 7.32 Å². The number of hydrogen-bond donors (Lipinski definition) is 3. The second kappa shape index (κ2) is 8.63. The molecule has 0 radical (unpaired) electrons. The Morgan fingerprint density at radius 3 is 1.33 bits per heavy atom. The van der Waals surface area contributed by atoms with E-state index in [9.17, 15) is 15.2 Å². The van der Waals surface area contributed by atoms with Crippen LogP contribution in [0.15, 0.2) is 97.1 Å². The number of phenols is 2. The minimum absolute atomic E-state index is 0.0847. The minimum atomic E-state index is -1.61. The minimum Gasteiger partial charge on any atom is -0.508 e. The van der Waals surface area contributed by atoms with E-state index in [1.807, 2.05) is 60.7 Å². The Bertz CT molecular complexity index is 1040. The monoisotopic (exact) mass is 398 g/mol. The highest BCUT2D eigenvalue weighted by Crippen LogP contribution is 2.35. The summed E-state index contributed by atoms with van der Waals surface area (Å²) in [5.74, 6) is 0.876. The first-order valence-electron chi connectivity index (χ1n) is 9.38. The Kier molecular flexibility index (Phi) is 5.59. The van der Waals surface area contributed by atoms with Crippen LogP contribution in [0.25, 0.3) is 22.3 Å². The predicted octanol–water partition coefficient (Wildman–Crippen LogP) is 4.87. The lowest BCUT2D eigenvalue weighted by molar-refractivity contribution is 0.298. The SMILES string of the molecule is OB(Oc1ccc(O)cc1-c1ccccc1)Oc1ccc(O)cc1-c1ccccc1. The summed E-state index contributed by atoms with van der Waals surface area (Å²) in [4.78, 5) is 0. The largest absolute Gasteiger partial charge is 0.785 e. The summed E-state index contributed by atoms with van der Waals surface area (Å²) in [6.45, 7) is 0. The summed E-state index contributed by atoms with van der Waals surface area (Å²) >= 11 is 0. The normalized spacial score (nSPS) is 10.4. The number of rotatable bonds is 6. The second-order valence-corrected chi connectivity index (χ2v) is 6.64. The fourth-order valence-corrected chi connectivity index (χ4v) is 3.17. The Hall–Kier alpha value is -3.90. The molecule has 0 saturated heterocycles. The van der Waals surface area contributed by atoms with Crippen LogP contribution in [0.1, 0.15) is 0 Å². The molecule has 0 spiro atoms. The molecule has 0 bridgehead atoms. The third kappa shape index (κ3) is 4.40. The summed E-state index contributed by atoms with van der Waals surface area (Å²) in [7, 11) is -1.61. The first kappa shape index (κ1) is 19.4. The zero-order chi connectivity index (χ0) is 20.9. The van der Waals surface area contributed by atoms with Crippen molar-refractivity contribution in [2.24, 2.45) is 0 Å². The molecule has 0 amide bonds. The van der Waals surface area contributed by atoms with Gasteiger partial charge in [-0.05, 0) is 47.5 Å². The fourth-order valence-electron chi connectivity index (χ4n) is 3.17. The van der Waals surface area contributed by atoms with Gasteiger partial charge < -0.3 is 24.5 Å². The van der Waals surface area contributed by atoms with E-state index in [2.05, 4.69) is 0 Å². The molecular weight excluding hydrogens is 379 g/mol. The molecule has 4 aromatic carbocycles. The molecule has 0 aliphatic heterocycles. The third-order valence-electron chi connectivity index (χ3n) is 4.55. The number of hydrogen-bond acceptors (Lipinski definition) is 5. The lowest BCUT2D eigenvalue weighted by Gasteiger charge is -2.17. The molecule has 30 heavy (non-hydrogen) atoms.